The Labute approximate surface area is 169 Å². The summed E-state index contributed by atoms with van der Waals surface area (Å²) in [5.74, 6) is -0.0272. The van der Waals surface area contributed by atoms with E-state index in [0.717, 1.165) is 18.4 Å². The van der Waals surface area contributed by atoms with Crippen molar-refractivity contribution in [2.75, 3.05) is 14.1 Å². The van der Waals surface area contributed by atoms with Gasteiger partial charge in [-0.2, -0.15) is 0 Å². The van der Waals surface area contributed by atoms with Crippen molar-refractivity contribution in [2.45, 2.75) is 36.7 Å². The molecule has 0 aliphatic heterocycles. The third-order valence-corrected chi connectivity index (χ3v) is 5.78. The van der Waals surface area contributed by atoms with Crippen molar-refractivity contribution in [3.63, 3.8) is 0 Å². The Balaban J connectivity index is 2.11. The van der Waals surface area contributed by atoms with Crippen molar-refractivity contribution < 1.29 is 4.79 Å². The van der Waals surface area contributed by atoms with E-state index in [0.29, 0.717) is 22.6 Å². The summed E-state index contributed by atoms with van der Waals surface area (Å²) in [5.41, 5.74) is 1.51. The number of carbonyl (C=O) groups is 1. The molecular weight excluding hydrogens is 370 g/mol. The standard InChI is InChI=1S/C22H25N3O2S/c1-4-5-15-25-20(26)17-13-9-10-14-18(17)23-22(25)28-19(21(27)24(2)3)16-11-7-6-8-12-16/h6-14,19H,4-5,15H2,1-3H3. The van der Waals surface area contributed by atoms with E-state index < -0.39 is 5.25 Å². The summed E-state index contributed by atoms with van der Waals surface area (Å²) in [7, 11) is 3.49. The molecule has 0 fully saturated rings. The average Bonchev–Trinajstić information content (AvgIpc) is 2.71. The van der Waals surface area contributed by atoms with E-state index in [1.54, 1.807) is 29.6 Å². The smallest absolute Gasteiger partial charge is 0.262 e. The Bertz CT molecular complexity index is 1020. The van der Waals surface area contributed by atoms with Gasteiger partial charge in [0.15, 0.2) is 5.16 Å². The number of aromatic nitrogens is 2. The summed E-state index contributed by atoms with van der Waals surface area (Å²) < 4.78 is 1.72. The van der Waals surface area contributed by atoms with Crippen molar-refractivity contribution in [1.82, 2.24) is 14.5 Å². The lowest BCUT2D eigenvalue weighted by molar-refractivity contribution is -0.128. The minimum atomic E-state index is -0.461. The maximum Gasteiger partial charge on any atom is 0.262 e. The highest BCUT2D eigenvalue weighted by Crippen LogP contribution is 2.35. The van der Waals surface area contributed by atoms with E-state index in [-0.39, 0.29) is 11.5 Å². The van der Waals surface area contributed by atoms with Crippen molar-refractivity contribution >= 4 is 28.6 Å². The van der Waals surface area contributed by atoms with E-state index in [2.05, 4.69) is 6.92 Å². The van der Waals surface area contributed by atoms with Gasteiger partial charge in [0, 0.05) is 20.6 Å². The molecule has 1 aromatic heterocycles. The van der Waals surface area contributed by atoms with Crippen LogP contribution in [-0.2, 0) is 11.3 Å². The van der Waals surface area contributed by atoms with Gasteiger partial charge in [0.1, 0.15) is 5.25 Å². The van der Waals surface area contributed by atoms with Gasteiger partial charge < -0.3 is 4.90 Å². The van der Waals surface area contributed by atoms with Crippen LogP contribution in [-0.4, -0.2) is 34.5 Å². The van der Waals surface area contributed by atoms with E-state index in [4.69, 9.17) is 4.98 Å². The fourth-order valence-electron chi connectivity index (χ4n) is 2.98. The molecule has 6 heteroatoms. The number of amides is 1. The molecular formula is C22H25N3O2S. The Morgan fingerprint density at radius 3 is 2.46 bits per heavy atom. The molecule has 1 atom stereocenters. The Hall–Kier alpha value is -2.60. The number of fused-ring (bicyclic) bond motifs is 1. The normalized spacial score (nSPS) is 12.1. The van der Waals surface area contributed by atoms with Crippen LogP contribution in [0.3, 0.4) is 0 Å². The number of unbranched alkanes of at least 4 members (excludes halogenated alkanes) is 1. The van der Waals surface area contributed by atoms with Crippen LogP contribution in [0.15, 0.2) is 64.5 Å². The van der Waals surface area contributed by atoms with Crippen LogP contribution < -0.4 is 5.56 Å². The number of para-hydroxylation sites is 1. The van der Waals surface area contributed by atoms with Gasteiger partial charge in [-0.3, -0.25) is 14.2 Å². The lowest BCUT2D eigenvalue weighted by Crippen LogP contribution is -2.28. The predicted octanol–water partition coefficient (Wildman–Crippen LogP) is 4.12. The Morgan fingerprint density at radius 2 is 1.79 bits per heavy atom. The number of benzene rings is 2. The third kappa shape index (κ3) is 4.28. The van der Waals surface area contributed by atoms with Crippen LogP contribution in [0.4, 0.5) is 0 Å². The fraction of sp³-hybridized carbons (Fsp3) is 0.318. The first-order valence-electron chi connectivity index (χ1n) is 9.45. The van der Waals surface area contributed by atoms with Gasteiger partial charge in [-0.25, -0.2) is 4.98 Å². The molecule has 0 spiro atoms. The van der Waals surface area contributed by atoms with Crippen LogP contribution in [0.2, 0.25) is 0 Å². The summed E-state index contributed by atoms with van der Waals surface area (Å²) in [6.07, 6.45) is 1.85. The minimum absolute atomic E-state index is 0.0272. The fourth-order valence-corrected chi connectivity index (χ4v) is 4.25. The van der Waals surface area contributed by atoms with E-state index >= 15 is 0 Å². The molecule has 3 rings (SSSR count). The summed E-state index contributed by atoms with van der Waals surface area (Å²) in [4.78, 5) is 32.3. The van der Waals surface area contributed by atoms with Crippen molar-refractivity contribution in [1.29, 1.82) is 0 Å². The number of hydrogen-bond donors (Lipinski definition) is 0. The third-order valence-electron chi connectivity index (χ3n) is 4.55. The number of hydrogen-bond acceptors (Lipinski definition) is 4. The quantitative estimate of drug-likeness (QED) is 0.446. The van der Waals surface area contributed by atoms with Crippen LogP contribution in [0.1, 0.15) is 30.6 Å². The first-order chi connectivity index (χ1) is 13.5. The van der Waals surface area contributed by atoms with Gasteiger partial charge in [-0.15, -0.1) is 0 Å². The van der Waals surface area contributed by atoms with E-state index in [9.17, 15) is 9.59 Å². The molecule has 1 amide bonds. The summed E-state index contributed by atoms with van der Waals surface area (Å²) in [6.45, 7) is 2.68. The van der Waals surface area contributed by atoms with Gasteiger partial charge in [0.05, 0.1) is 10.9 Å². The monoisotopic (exact) mass is 395 g/mol. The van der Waals surface area contributed by atoms with Crippen molar-refractivity contribution in [3.05, 3.63) is 70.5 Å². The highest BCUT2D eigenvalue weighted by atomic mass is 32.2. The van der Waals surface area contributed by atoms with Gasteiger partial charge in [0.25, 0.3) is 5.56 Å². The van der Waals surface area contributed by atoms with Crippen LogP contribution in [0.5, 0.6) is 0 Å². The average molecular weight is 396 g/mol. The molecule has 1 heterocycles. The SMILES string of the molecule is CCCCn1c(SC(C(=O)N(C)C)c2ccccc2)nc2ccccc2c1=O. The molecule has 28 heavy (non-hydrogen) atoms. The zero-order valence-corrected chi connectivity index (χ0v) is 17.3. The second-order valence-corrected chi connectivity index (χ2v) is 7.94. The zero-order valence-electron chi connectivity index (χ0n) is 16.5. The molecule has 0 bridgehead atoms. The molecule has 146 valence electrons. The number of nitrogens with zero attached hydrogens (tertiary/aromatic N) is 3. The second-order valence-electron chi connectivity index (χ2n) is 6.86. The summed E-state index contributed by atoms with van der Waals surface area (Å²) in [6, 6.07) is 17.0. The van der Waals surface area contributed by atoms with Crippen LogP contribution in [0, 0.1) is 0 Å². The minimum Gasteiger partial charge on any atom is -0.348 e. The summed E-state index contributed by atoms with van der Waals surface area (Å²) in [5, 5.41) is 0.733. The van der Waals surface area contributed by atoms with E-state index in [1.165, 1.54) is 11.8 Å². The first-order valence-corrected chi connectivity index (χ1v) is 10.3. The molecule has 3 aromatic rings. The molecule has 0 aliphatic rings. The lowest BCUT2D eigenvalue weighted by Gasteiger charge is -2.22. The van der Waals surface area contributed by atoms with Crippen molar-refractivity contribution in [3.8, 4) is 0 Å². The van der Waals surface area contributed by atoms with E-state index in [1.807, 2.05) is 48.5 Å². The van der Waals surface area contributed by atoms with Gasteiger partial charge in [0.2, 0.25) is 5.91 Å². The molecule has 5 nitrogen and oxygen atoms in total. The van der Waals surface area contributed by atoms with Crippen molar-refractivity contribution in [2.24, 2.45) is 0 Å². The maximum atomic E-state index is 13.1. The highest BCUT2D eigenvalue weighted by Gasteiger charge is 2.26. The highest BCUT2D eigenvalue weighted by molar-refractivity contribution is 8.00. The maximum absolute atomic E-state index is 13.1. The lowest BCUT2D eigenvalue weighted by atomic mass is 10.1. The molecule has 0 N–H and O–H groups in total. The number of carbonyl (C=O) groups excluding carboxylic acids is 1. The topological polar surface area (TPSA) is 55.2 Å². The number of thioether (sulfide) groups is 1. The molecule has 2 aromatic carbocycles. The zero-order chi connectivity index (χ0) is 20.1. The molecule has 1 unspecified atom stereocenters. The van der Waals surface area contributed by atoms with Crippen LogP contribution >= 0.6 is 11.8 Å². The molecule has 0 aliphatic carbocycles. The Kier molecular flexibility index (Phi) is 6.52. The summed E-state index contributed by atoms with van der Waals surface area (Å²) >= 11 is 1.34. The predicted molar refractivity (Wildman–Crippen MR) is 115 cm³/mol. The Morgan fingerprint density at radius 1 is 1.11 bits per heavy atom. The molecule has 0 radical (unpaired) electrons. The molecule has 0 saturated heterocycles. The number of rotatable bonds is 7. The second kappa shape index (κ2) is 9.06. The number of likely N-dealkylation sites (N-methyl/N-ethyl adjacent to an activating group) is 1. The largest absolute Gasteiger partial charge is 0.348 e. The molecule has 0 saturated carbocycles. The van der Waals surface area contributed by atoms with Gasteiger partial charge >= 0.3 is 0 Å². The van der Waals surface area contributed by atoms with Gasteiger partial charge in [-0.05, 0) is 24.1 Å². The first kappa shape index (κ1) is 20.1. The van der Waals surface area contributed by atoms with Gasteiger partial charge in [-0.1, -0.05) is 67.6 Å². The van der Waals surface area contributed by atoms with Crippen LogP contribution in [0.25, 0.3) is 10.9 Å².